The molecule has 0 spiro atoms. The maximum absolute atomic E-state index is 10.2. The first-order valence-electron chi connectivity index (χ1n) is 9.70. The molecule has 0 radical (unpaired) electrons. The molecule has 0 aliphatic carbocycles. The molecule has 1 aromatic heterocycles. The summed E-state index contributed by atoms with van der Waals surface area (Å²) in [6.07, 6.45) is 0. The van der Waals surface area contributed by atoms with Gasteiger partial charge in [-0.05, 0) is 64.9 Å². The quantitative estimate of drug-likeness (QED) is 0.339. The van der Waals surface area contributed by atoms with Gasteiger partial charge in [-0.15, -0.1) is 0 Å². The van der Waals surface area contributed by atoms with Crippen molar-refractivity contribution in [2.24, 2.45) is 0 Å². The molecule has 5 aromatic rings. The van der Waals surface area contributed by atoms with Gasteiger partial charge in [0, 0.05) is 11.1 Å². The fourth-order valence-corrected chi connectivity index (χ4v) is 4.52. The average Bonchev–Trinajstić information content (AvgIpc) is 3.17. The van der Waals surface area contributed by atoms with Gasteiger partial charge in [0.2, 0.25) is 0 Å². The van der Waals surface area contributed by atoms with Crippen LogP contribution in [0.5, 0.6) is 17.2 Å². The van der Waals surface area contributed by atoms with Gasteiger partial charge in [0.25, 0.3) is 0 Å². The summed E-state index contributed by atoms with van der Waals surface area (Å²) >= 11 is 0. The number of phenols is 1. The maximum Gasteiger partial charge on any atom is 0.132 e. The Bertz CT molecular complexity index is 1410. The van der Waals surface area contributed by atoms with Crippen LogP contribution in [0.4, 0.5) is 0 Å². The highest BCUT2D eigenvalue weighted by atomic mass is 16.5. The highest BCUT2D eigenvalue weighted by Crippen LogP contribution is 2.52. The van der Waals surface area contributed by atoms with Crippen LogP contribution in [0.2, 0.25) is 0 Å². The van der Waals surface area contributed by atoms with Crippen molar-refractivity contribution in [3.05, 3.63) is 102 Å². The Kier molecular flexibility index (Phi) is 3.30. The van der Waals surface area contributed by atoms with Crippen molar-refractivity contribution < 1.29 is 14.3 Å². The molecule has 2 heterocycles. The Hall–Kier alpha value is -3.72. The van der Waals surface area contributed by atoms with E-state index in [-0.39, 0.29) is 11.7 Å². The van der Waals surface area contributed by atoms with E-state index in [1.807, 2.05) is 55.5 Å². The lowest BCUT2D eigenvalue weighted by Crippen LogP contribution is -2.12. The summed E-state index contributed by atoms with van der Waals surface area (Å²) in [5.41, 5.74) is 2.12. The summed E-state index contributed by atoms with van der Waals surface area (Å²) in [6.45, 7) is 1.96. The van der Waals surface area contributed by atoms with Crippen LogP contribution in [0.25, 0.3) is 21.5 Å². The van der Waals surface area contributed by atoms with Crippen LogP contribution in [0.15, 0.2) is 83.3 Å². The second-order valence-corrected chi connectivity index (χ2v) is 7.56. The maximum atomic E-state index is 10.2. The lowest BCUT2D eigenvalue weighted by Gasteiger charge is -2.29. The zero-order chi connectivity index (χ0) is 19.5. The molecule has 0 saturated carbocycles. The van der Waals surface area contributed by atoms with E-state index >= 15 is 0 Å². The third-order valence-corrected chi connectivity index (χ3v) is 5.78. The van der Waals surface area contributed by atoms with Gasteiger partial charge in [-0.2, -0.15) is 0 Å². The Labute approximate surface area is 167 Å². The summed E-state index contributed by atoms with van der Waals surface area (Å²) in [7, 11) is 0. The Balaban J connectivity index is 1.76. The molecule has 29 heavy (non-hydrogen) atoms. The second kappa shape index (κ2) is 5.89. The van der Waals surface area contributed by atoms with E-state index < -0.39 is 0 Å². The number of ether oxygens (including phenoxy) is 1. The van der Waals surface area contributed by atoms with E-state index in [9.17, 15) is 5.11 Å². The van der Waals surface area contributed by atoms with Crippen LogP contribution in [0.1, 0.15) is 28.6 Å². The van der Waals surface area contributed by atoms with Crippen molar-refractivity contribution in [3.63, 3.8) is 0 Å². The molecule has 1 unspecified atom stereocenters. The van der Waals surface area contributed by atoms with Crippen molar-refractivity contribution in [3.8, 4) is 17.2 Å². The molecule has 6 rings (SSSR count). The van der Waals surface area contributed by atoms with Crippen LogP contribution in [-0.4, -0.2) is 5.11 Å². The highest BCUT2D eigenvalue weighted by Gasteiger charge is 2.34. The minimum Gasteiger partial charge on any atom is -0.508 e. The fourth-order valence-electron chi connectivity index (χ4n) is 4.52. The minimum absolute atomic E-state index is 0.126. The van der Waals surface area contributed by atoms with Gasteiger partial charge >= 0.3 is 0 Å². The fraction of sp³-hybridized carbons (Fsp3) is 0.0769. The van der Waals surface area contributed by atoms with Crippen LogP contribution in [-0.2, 0) is 0 Å². The molecular weight excluding hydrogens is 360 g/mol. The zero-order valence-electron chi connectivity index (χ0n) is 15.8. The molecule has 140 valence electrons. The molecule has 0 bridgehead atoms. The normalized spacial score (nSPS) is 15.1. The summed E-state index contributed by atoms with van der Waals surface area (Å²) in [4.78, 5) is 0. The Morgan fingerprint density at radius 3 is 2.17 bits per heavy atom. The SMILES string of the molecule is Cc1ccc(C2c3c(ccc4ccccc34)Oc3ccc4ccc(O)cc4c32)o1. The summed E-state index contributed by atoms with van der Waals surface area (Å²) in [5, 5.41) is 14.5. The van der Waals surface area contributed by atoms with Crippen LogP contribution in [0, 0.1) is 6.92 Å². The predicted octanol–water partition coefficient (Wildman–Crippen LogP) is 6.89. The summed E-state index contributed by atoms with van der Waals surface area (Å²) < 4.78 is 12.5. The second-order valence-electron chi connectivity index (χ2n) is 7.56. The predicted molar refractivity (Wildman–Crippen MR) is 114 cm³/mol. The molecule has 3 heteroatoms. The zero-order valence-corrected chi connectivity index (χ0v) is 15.8. The first-order valence-corrected chi connectivity index (χ1v) is 9.70. The number of fused-ring (bicyclic) bond motifs is 6. The van der Waals surface area contributed by atoms with Crippen LogP contribution < -0.4 is 4.74 Å². The van der Waals surface area contributed by atoms with E-state index in [1.54, 1.807) is 6.07 Å². The number of aryl methyl sites for hydroxylation is 1. The van der Waals surface area contributed by atoms with Gasteiger partial charge in [-0.1, -0.05) is 42.5 Å². The molecule has 1 aliphatic heterocycles. The molecule has 4 aromatic carbocycles. The lowest BCUT2D eigenvalue weighted by molar-refractivity contribution is 0.429. The number of aromatic hydroxyl groups is 1. The monoisotopic (exact) mass is 378 g/mol. The van der Waals surface area contributed by atoms with Crippen molar-refractivity contribution >= 4 is 21.5 Å². The van der Waals surface area contributed by atoms with Crippen LogP contribution >= 0.6 is 0 Å². The third-order valence-electron chi connectivity index (χ3n) is 5.78. The van der Waals surface area contributed by atoms with E-state index in [0.29, 0.717) is 0 Å². The van der Waals surface area contributed by atoms with E-state index in [0.717, 1.165) is 55.7 Å². The molecule has 3 nitrogen and oxygen atoms in total. The van der Waals surface area contributed by atoms with Gasteiger partial charge < -0.3 is 14.3 Å². The topological polar surface area (TPSA) is 42.6 Å². The van der Waals surface area contributed by atoms with Gasteiger partial charge in [0.1, 0.15) is 28.8 Å². The standard InChI is InChI=1S/C26H18O3/c1-15-6-11-23(28-15)26-24-19-5-3-2-4-16(19)8-12-21(24)29-22-13-9-17-7-10-18(27)14-20(17)25(22)26/h2-14,26-27H,1H3. The first kappa shape index (κ1) is 16.3. The molecule has 0 saturated heterocycles. The van der Waals surface area contributed by atoms with Crippen LogP contribution in [0.3, 0.4) is 0 Å². The number of furan rings is 1. The molecule has 0 fully saturated rings. The molecule has 1 aliphatic rings. The third kappa shape index (κ3) is 2.37. The van der Waals surface area contributed by atoms with Gasteiger partial charge in [0.15, 0.2) is 0 Å². The molecule has 0 amide bonds. The number of rotatable bonds is 1. The lowest BCUT2D eigenvalue weighted by atomic mass is 9.81. The molecular formula is C26H18O3. The summed E-state index contributed by atoms with van der Waals surface area (Å²) in [6, 6.07) is 26.0. The average molecular weight is 378 g/mol. The highest BCUT2D eigenvalue weighted by molar-refractivity contribution is 5.95. The van der Waals surface area contributed by atoms with E-state index in [4.69, 9.17) is 9.15 Å². The Morgan fingerprint density at radius 2 is 1.41 bits per heavy atom. The van der Waals surface area contributed by atoms with E-state index in [2.05, 4.69) is 24.3 Å². The Morgan fingerprint density at radius 1 is 0.724 bits per heavy atom. The van der Waals surface area contributed by atoms with Crippen molar-refractivity contribution in [2.75, 3.05) is 0 Å². The van der Waals surface area contributed by atoms with Crippen molar-refractivity contribution in [1.29, 1.82) is 0 Å². The molecule has 1 atom stereocenters. The number of hydrogen-bond donors (Lipinski definition) is 1. The number of hydrogen-bond acceptors (Lipinski definition) is 3. The van der Waals surface area contributed by atoms with Crippen molar-refractivity contribution in [1.82, 2.24) is 0 Å². The largest absolute Gasteiger partial charge is 0.508 e. The smallest absolute Gasteiger partial charge is 0.132 e. The number of benzene rings is 4. The van der Waals surface area contributed by atoms with E-state index in [1.165, 1.54) is 0 Å². The van der Waals surface area contributed by atoms with Crippen molar-refractivity contribution in [2.45, 2.75) is 12.8 Å². The van der Waals surface area contributed by atoms with Gasteiger partial charge in [-0.3, -0.25) is 0 Å². The van der Waals surface area contributed by atoms with Gasteiger partial charge in [-0.25, -0.2) is 0 Å². The first-order chi connectivity index (χ1) is 14.2. The van der Waals surface area contributed by atoms with Gasteiger partial charge in [0.05, 0.1) is 5.92 Å². The minimum atomic E-state index is -0.126. The number of phenolic OH excluding ortho intramolecular Hbond substituents is 1. The summed E-state index contributed by atoms with van der Waals surface area (Å²) in [5.74, 6) is 3.50. The molecule has 1 N–H and O–H groups in total.